The largest absolute Gasteiger partial charge is 0.352 e. The molecule has 2 aromatic carbocycles. The standard InChI is InChI=1S/C26H26N4O2S/c31-24(27-14-13-21-10-7-17-33-21)19-11-12-22-23(18-19)28-26(29-15-5-2-6-16-29)30(25(22)32)20-8-3-1-4-9-20/h1,3-4,7-12,17-18H,2,5-6,13-16H2,(H,27,31). The van der Waals surface area contributed by atoms with Crippen LogP contribution in [0.15, 0.2) is 70.8 Å². The predicted molar refractivity (Wildman–Crippen MR) is 134 cm³/mol. The van der Waals surface area contributed by atoms with E-state index < -0.39 is 0 Å². The molecule has 7 heteroatoms. The van der Waals surface area contributed by atoms with E-state index in [0.29, 0.717) is 29.0 Å². The molecule has 33 heavy (non-hydrogen) atoms. The molecule has 2 aromatic heterocycles. The number of nitrogens with one attached hydrogen (secondary N) is 1. The van der Waals surface area contributed by atoms with Crippen molar-refractivity contribution in [3.63, 3.8) is 0 Å². The van der Waals surface area contributed by atoms with Crippen LogP contribution in [0, 0.1) is 0 Å². The lowest BCUT2D eigenvalue weighted by molar-refractivity contribution is 0.0954. The van der Waals surface area contributed by atoms with Crippen LogP contribution in [-0.4, -0.2) is 35.1 Å². The minimum Gasteiger partial charge on any atom is -0.352 e. The normalized spacial score (nSPS) is 13.9. The van der Waals surface area contributed by atoms with Gasteiger partial charge in [-0.2, -0.15) is 0 Å². The van der Waals surface area contributed by atoms with Gasteiger partial charge in [-0.15, -0.1) is 11.3 Å². The maximum atomic E-state index is 13.6. The summed E-state index contributed by atoms with van der Waals surface area (Å²) in [5.74, 6) is 0.496. The van der Waals surface area contributed by atoms with Crippen molar-refractivity contribution in [2.45, 2.75) is 25.7 Å². The monoisotopic (exact) mass is 458 g/mol. The highest BCUT2D eigenvalue weighted by Gasteiger charge is 2.20. The number of para-hydroxylation sites is 1. The van der Waals surface area contributed by atoms with Crippen molar-refractivity contribution < 1.29 is 4.79 Å². The van der Waals surface area contributed by atoms with Crippen LogP contribution in [0.3, 0.4) is 0 Å². The predicted octanol–water partition coefficient (Wildman–Crippen LogP) is 4.41. The summed E-state index contributed by atoms with van der Waals surface area (Å²) in [6.45, 7) is 2.31. The van der Waals surface area contributed by atoms with Gasteiger partial charge in [0.25, 0.3) is 11.5 Å². The van der Waals surface area contributed by atoms with Crippen molar-refractivity contribution in [3.8, 4) is 5.69 Å². The first-order valence-corrected chi connectivity index (χ1v) is 12.3. The number of fused-ring (bicyclic) bond motifs is 1. The van der Waals surface area contributed by atoms with Gasteiger partial charge < -0.3 is 10.2 Å². The average molecular weight is 459 g/mol. The topological polar surface area (TPSA) is 67.2 Å². The zero-order chi connectivity index (χ0) is 22.6. The Balaban J connectivity index is 1.50. The highest BCUT2D eigenvalue weighted by atomic mass is 32.1. The number of amides is 1. The van der Waals surface area contributed by atoms with Crippen molar-refractivity contribution in [2.75, 3.05) is 24.5 Å². The van der Waals surface area contributed by atoms with Gasteiger partial charge in [-0.1, -0.05) is 24.3 Å². The Kier molecular flexibility index (Phi) is 6.21. The van der Waals surface area contributed by atoms with E-state index in [1.807, 2.05) is 41.8 Å². The van der Waals surface area contributed by atoms with Gasteiger partial charge in [-0.05, 0) is 67.5 Å². The fourth-order valence-electron chi connectivity index (χ4n) is 4.29. The SMILES string of the molecule is O=C(NCCc1cccs1)c1ccc2c(=O)n(-c3ccccc3)c(N3CCCCC3)nc2c1. The van der Waals surface area contributed by atoms with Gasteiger partial charge in [0, 0.05) is 30.1 Å². The molecule has 1 fully saturated rings. The highest BCUT2D eigenvalue weighted by molar-refractivity contribution is 7.09. The van der Waals surface area contributed by atoms with Crippen LogP contribution in [0.4, 0.5) is 5.95 Å². The van der Waals surface area contributed by atoms with Crippen LogP contribution in [-0.2, 0) is 6.42 Å². The lowest BCUT2D eigenvalue weighted by Gasteiger charge is -2.30. The molecule has 0 spiro atoms. The Bertz CT molecular complexity index is 1310. The quantitative estimate of drug-likeness (QED) is 0.465. The fraction of sp³-hybridized carbons (Fsp3) is 0.269. The van der Waals surface area contributed by atoms with E-state index in [0.717, 1.165) is 38.0 Å². The average Bonchev–Trinajstić information content (AvgIpc) is 3.38. The number of anilines is 1. The highest BCUT2D eigenvalue weighted by Crippen LogP contribution is 2.23. The molecule has 3 heterocycles. The van der Waals surface area contributed by atoms with Gasteiger partial charge in [-0.3, -0.25) is 9.59 Å². The number of rotatable bonds is 6. The van der Waals surface area contributed by atoms with E-state index in [-0.39, 0.29) is 11.5 Å². The molecule has 0 saturated carbocycles. The summed E-state index contributed by atoms with van der Waals surface area (Å²) in [5.41, 5.74) is 1.76. The number of carbonyl (C=O) groups excluding carboxylic acids is 1. The van der Waals surface area contributed by atoms with E-state index >= 15 is 0 Å². The lowest BCUT2D eigenvalue weighted by atomic mass is 10.1. The van der Waals surface area contributed by atoms with Crippen molar-refractivity contribution in [2.24, 2.45) is 0 Å². The molecule has 1 aliphatic rings. The van der Waals surface area contributed by atoms with Crippen molar-refractivity contribution in [1.82, 2.24) is 14.9 Å². The number of hydrogen-bond donors (Lipinski definition) is 1. The number of nitrogens with zero attached hydrogens (tertiary/aromatic N) is 3. The molecule has 4 aromatic rings. The molecule has 1 amide bonds. The minimum absolute atomic E-state index is 0.114. The second-order valence-electron chi connectivity index (χ2n) is 8.25. The molecule has 6 nitrogen and oxygen atoms in total. The lowest BCUT2D eigenvalue weighted by Crippen LogP contribution is -2.36. The Morgan fingerprint density at radius 3 is 2.58 bits per heavy atom. The molecule has 1 N–H and O–H groups in total. The number of piperidine rings is 1. The summed E-state index contributed by atoms with van der Waals surface area (Å²) in [7, 11) is 0. The number of hydrogen-bond acceptors (Lipinski definition) is 5. The van der Waals surface area contributed by atoms with Crippen LogP contribution in [0.2, 0.25) is 0 Å². The van der Waals surface area contributed by atoms with Crippen LogP contribution >= 0.6 is 11.3 Å². The van der Waals surface area contributed by atoms with Gasteiger partial charge in [0.2, 0.25) is 5.95 Å². The summed E-state index contributed by atoms with van der Waals surface area (Å²) >= 11 is 1.69. The molecule has 5 rings (SSSR count). The molecule has 1 saturated heterocycles. The van der Waals surface area contributed by atoms with Crippen LogP contribution in [0.5, 0.6) is 0 Å². The van der Waals surface area contributed by atoms with E-state index in [4.69, 9.17) is 4.98 Å². The third-order valence-electron chi connectivity index (χ3n) is 6.00. The van der Waals surface area contributed by atoms with Gasteiger partial charge in [-0.25, -0.2) is 9.55 Å². The van der Waals surface area contributed by atoms with Crippen molar-refractivity contribution >= 4 is 34.1 Å². The van der Waals surface area contributed by atoms with E-state index in [1.165, 1.54) is 11.3 Å². The molecule has 0 atom stereocenters. The summed E-state index contributed by atoms with van der Waals surface area (Å²) in [4.78, 5) is 34.7. The Morgan fingerprint density at radius 2 is 1.82 bits per heavy atom. The zero-order valence-corrected chi connectivity index (χ0v) is 19.2. The summed E-state index contributed by atoms with van der Waals surface area (Å²) < 4.78 is 1.70. The molecular formula is C26H26N4O2S. The maximum absolute atomic E-state index is 13.6. The second-order valence-corrected chi connectivity index (χ2v) is 9.29. The number of thiophene rings is 1. The molecule has 0 radical (unpaired) electrons. The number of aromatic nitrogens is 2. The molecule has 1 aliphatic heterocycles. The second kappa shape index (κ2) is 9.58. The molecule has 168 valence electrons. The van der Waals surface area contributed by atoms with Crippen LogP contribution in [0.1, 0.15) is 34.5 Å². The molecule has 0 bridgehead atoms. The Morgan fingerprint density at radius 1 is 1.00 bits per heavy atom. The Hall–Kier alpha value is -3.45. The van der Waals surface area contributed by atoms with E-state index in [2.05, 4.69) is 16.3 Å². The molecule has 0 aliphatic carbocycles. The zero-order valence-electron chi connectivity index (χ0n) is 18.4. The molecule has 0 unspecified atom stereocenters. The first-order chi connectivity index (χ1) is 16.2. The summed E-state index contributed by atoms with van der Waals surface area (Å²) in [5, 5.41) is 5.52. The summed E-state index contributed by atoms with van der Waals surface area (Å²) in [6.07, 6.45) is 4.15. The van der Waals surface area contributed by atoms with E-state index in [1.54, 1.807) is 34.1 Å². The third kappa shape index (κ3) is 4.54. The first-order valence-electron chi connectivity index (χ1n) is 11.4. The smallest absolute Gasteiger partial charge is 0.267 e. The fourth-order valence-corrected chi connectivity index (χ4v) is 5.00. The number of benzene rings is 2. The van der Waals surface area contributed by atoms with Crippen molar-refractivity contribution in [3.05, 3.63) is 86.8 Å². The van der Waals surface area contributed by atoms with E-state index in [9.17, 15) is 9.59 Å². The van der Waals surface area contributed by atoms with Crippen molar-refractivity contribution in [1.29, 1.82) is 0 Å². The minimum atomic E-state index is -0.151. The van der Waals surface area contributed by atoms with Gasteiger partial charge >= 0.3 is 0 Å². The van der Waals surface area contributed by atoms with Gasteiger partial charge in [0.1, 0.15) is 0 Å². The first kappa shape index (κ1) is 21.4. The number of carbonyl (C=O) groups is 1. The van der Waals surface area contributed by atoms with Gasteiger partial charge in [0.05, 0.1) is 16.6 Å². The summed E-state index contributed by atoms with van der Waals surface area (Å²) in [6, 6.07) is 18.9. The Labute approximate surface area is 196 Å². The maximum Gasteiger partial charge on any atom is 0.267 e. The van der Waals surface area contributed by atoms with Gasteiger partial charge in [0.15, 0.2) is 0 Å². The van der Waals surface area contributed by atoms with Crippen LogP contribution < -0.4 is 15.8 Å². The third-order valence-corrected chi connectivity index (χ3v) is 6.94. The molecular weight excluding hydrogens is 432 g/mol. The van der Waals surface area contributed by atoms with Crippen LogP contribution in [0.25, 0.3) is 16.6 Å².